The van der Waals surface area contributed by atoms with Crippen LogP contribution >= 0.6 is 7.82 Å². The minimum absolute atomic E-state index is 0.0816. The molecule has 8 nitrogen and oxygen atoms in total. The van der Waals surface area contributed by atoms with Crippen LogP contribution in [0.3, 0.4) is 0 Å². The predicted molar refractivity (Wildman–Crippen MR) is 254 cm³/mol. The Morgan fingerprint density at radius 1 is 0.542 bits per heavy atom. The maximum atomic E-state index is 12.8. The van der Waals surface area contributed by atoms with Gasteiger partial charge in [0.1, 0.15) is 0 Å². The first-order valence-corrected chi connectivity index (χ1v) is 27.3. The highest BCUT2D eigenvalue weighted by Gasteiger charge is 2.26. The molecule has 0 bridgehead atoms. The fourth-order valence-electron chi connectivity index (χ4n) is 7.96. The Hall–Kier alpha value is -0.760. The average Bonchev–Trinajstić information content (AvgIpc) is 3.22. The van der Waals surface area contributed by atoms with Gasteiger partial charge in [-0.05, 0) is 19.3 Å². The summed E-state index contributed by atoms with van der Waals surface area (Å²) in [6, 6.07) is -0.855. The van der Waals surface area contributed by atoms with Crippen LogP contribution in [0.5, 0.6) is 0 Å². The van der Waals surface area contributed by atoms with E-state index in [1.165, 1.54) is 212 Å². The summed E-state index contributed by atoms with van der Waals surface area (Å²) in [6.45, 7) is 4.18. The number of phosphoric ester groups is 1. The van der Waals surface area contributed by atoms with Gasteiger partial charge >= 0.3 is 7.82 Å². The molecule has 0 radical (unpaired) electrons. The van der Waals surface area contributed by atoms with E-state index in [9.17, 15) is 19.4 Å². The number of hydrogen-bond donors (Lipinski definition) is 4. The highest BCUT2D eigenvalue weighted by Crippen LogP contribution is 2.43. The topological polar surface area (TPSA) is 131 Å². The van der Waals surface area contributed by atoms with Crippen LogP contribution in [-0.2, 0) is 18.4 Å². The van der Waals surface area contributed by atoms with Crippen LogP contribution in [0.4, 0.5) is 0 Å². The lowest BCUT2D eigenvalue weighted by Crippen LogP contribution is -2.45. The molecule has 0 spiro atoms. The zero-order valence-corrected chi connectivity index (χ0v) is 40.2. The molecule has 5 N–H and O–H groups in total. The van der Waals surface area contributed by atoms with E-state index in [2.05, 4.69) is 19.2 Å². The number of unbranched alkanes of at least 4 members (excludes halogenated alkanes) is 37. The molecule has 0 aliphatic heterocycles. The molecule has 0 aliphatic carbocycles. The fourth-order valence-corrected chi connectivity index (χ4v) is 8.72. The van der Waals surface area contributed by atoms with Crippen LogP contribution in [-0.4, -0.2) is 47.8 Å². The van der Waals surface area contributed by atoms with Crippen molar-refractivity contribution < 1.29 is 28.4 Å². The van der Waals surface area contributed by atoms with Crippen LogP contribution in [0, 0.1) is 0 Å². The number of carbonyl (C=O) groups is 1. The van der Waals surface area contributed by atoms with E-state index in [0.717, 1.165) is 38.5 Å². The summed E-state index contributed by atoms with van der Waals surface area (Å²) in [5.74, 6) is -0.188. The lowest BCUT2D eigenvalue weighted by molar-refractivity contribution is -0.123. The van der Waals surface area contributed by atoms with Crippen LogP contribution in [0.1, 0.15) is 271 Å². The fraction of sp³-hybridized carbons (Fsp3) is 0.940. The van der Waals surface area contributed by atoms with Gasteiger partial charge in [-0.3, -0.25) is 13.8 Å². The number of phosphoric acid groups is 1. The maximum Gasteiger partial charge on any atom is 0.472 e. The second-order valence-corrected chi connectivity index (χ2v) is 19.2. The second-order valence-electron chi connectivity index (χ2n) is 17.7. The quantitative estimate of drug-likeness (QED) is 0.0272. The molecule has 0 heterocycles. The largest absolute Gasteiger partial charge is 0.472 e. The molecule has 0 aromatic heterocycles. The molecule has 59 heavy (non-hydrogen) atoms. The van der Waals surface area contributed by atoms with Crippen LogP contribution in [0.15, 0.2) is 12.2 Å². The number of nitrogens with two attached hydrogens (primary N) is 1. The lowest BCUT2D eigenvalue weighted by Gasteiger charge is -2.23. The van der Waals surface area contributed by atoms with E-state index in [4.69, 9.17) is 14.8 Å². The minimum atomic E-state index is -4.34. The first kappa shape index (κ1) is 58.2. The normalized spacial score (nSPS) is 13.9. The molecular weight excluding hydrogens is 756 g/mol. The van der Waals surface area contributed by atoms with E-state index in [-0.39, 0.29) is 25.7 Å². The van der Waals surface area contributed by atoms with Gasteiger partial charge in [-0.1, -0.05) is 257 Å². The molecule has 0 aromatic rings. The number of rotatable bonds is 49. The van der Waals surface area contributed by atoms with Crippen LogP contribution in [0.2, 0.25) is 0 Å². The Kier molecular flexibility index (Phi) is 46.1. The zero-order valence-electron chi connectivity index (χ0n) is 39.3. The summed E-state index contributed by atoms with van der Waals surface area (Å²) >= 11 is 0. The van der Waals surface area contributed by atoms with Gasteiger partial charge in [0.2, 0.25) is 5.91 Å². The van der Waals surface area contributed by atoms with Crippen molar-refractivity contribution in [2.75, 3.05) is 19.8 Å². The van der Waals surface area contributed by atoms with Crippen LogP contribution < -0.4 is 11.1 Å². The van der Waals surface area contributed by atoms with Crippen molar-refractivity contribution in [2.45, 2.75) is 283 Å². The first-order chi connectivity index (χ1) is 28.9. The smallest absolute Gasteiger partial charge is 0.387 e. The molecule has 0 fully saturated rings. The van der Waals surface area contributed by atoms with Crippen molar-refractivity contribution in [1.82, 2.24) is 5.32 Å². The maximum absolute atomic E-state index is 12.8. The van der Waals surface area contributed by atoms with E-state index < -0.39 is 20.0 Å². The number of allylic oxidation sites excluding steroid dienone is 1. The molecule has 0 rings (SSSR count). The Bertz CT molecular complexity index is 937. The van der Waals surface area contributed by atoms with E-state index >= 15 is 0 Å². The summed E-state index contributed by atoms with van der Waals surface area (Å²) < 4.78 is 22.2. The summed E-state index contributed by atoms with van der Waals surface area (Å²) in [5.41, 5.74) is 5.39. The molecule has 0 aliphatic rings. The third-order valence-corrected chi connectivity index (χ3v) is 12.8. The molecule has 3 atom stereocenters. The summed E-state index contributed by atoms with van der Waals surface area (Å²) in [4.78, 5) is 22.8. The standard InChI is InChI=1S/C50H101N2O6P/c1-3-5-7-9-11-13-15-17-19-20-21-22-23-24-25-26-27-28-30-32-34-36-38-40-42-44-50(54)52-48(47-58-59(55,56)57-46-45-51)49(53)43-41-39-37-35-33-31-29-18-16-14-12-10-8-6-4-2/h41,43,48-49,53H,3-40,42,44-47,51H2,1-2H3,(H,52,54)(H,55,56)/b43-41+/t48-,49+/m0/s1. The third-order valence-electron chi connectivity index (χ3n) is 11.9. The Morgan fingerprint density at radius 3 is 1.20 bits per heavy atom. The number of hydrogen-bond acceptors (Lipinski definition) is 6. The molecule has 352 valence electrons. The highest BCUT2D eigenvalue weighted by atomic mass is 31.2. The SMILES string of the molecule is CCCCCCCCCCCCCCC/C=C/[C@@H](O)[C@H](COP(=O)(O)OCCN)NC(=O)CCCCCCCCCCCCCCCCCCCCCCCCCCC. The average molecular weight is 857 g/mol. The summed E-state index contributed by atoms with van der Waals surface area (Å²) in [5, 5.41) is 13.7. The third kappa shape index (κ3) is 45.1. The lowest BCUT2D eigenvalue weighted by atomic mass is 10.0. The molecule has 0 saturated heterocycles. The van der Waals surface area contributed by atoms with Crippen molar-refractivity contribution in [1.29, 1.82) is 0 Å². The van der Waals surface area contributed by atoms with Crippen molar-refractivity contribution in [2.24, 2.45) is 5.73 Å². The number of nitrogens with one attached hydrogen (secondary N) is 1. The van der Waals surface area contributed by atoms with E-state index in [0.29, 0.717) is 6.42 Å². The number of aliphatic hydroxyl groups excluding tert-OH is 1. The van der Waals surface area contributed by atoms with E-state index in [1.807, 2.05) is 6.08 Å². The number of carbonyl (C=O) groups excluding carboxylic acids is 1. The van der Waals surface area contributed by atoms with Gasteiger partial charge in [0.15, 0.2) is 0 Å². The van der Waals surface area contributed by atoms with Gasteiger partial charge in [-0.25, -0.2) is 4.57 Å². The molecule has 9 heteroatoms. The Labute approximate surface area is 366 Å². The van der Waals surface area contributed by atoms with E-state index in [1.54, 1.807) is 6.08 Å². The van der Waals surface area contributed by atoms with Gasteiger partial charge in [0.25, 0.3) is 0 Å². The predicted octanol–water partition coefficient (Wildman–Crippen LogP) is 15.1. The zero-order chi connectivity index (χ0) is 43.2. The van der Waals surface area contributed by atoms with Crippen LogP contribution in [0.25, 0.3) is 0 Å². The summed E-state index contributed by atoms with van der Waals surface area (Å²) in [7, 11) is -4.34. The molecule has 1 amide bonds. The number of aliphatic hydroxyl groups is 1. The second kappa shape index (κ2) is 46.7. The van der Waals surface area contributed by atoms with Crippen molar-refractivity contribution in [3.8, 4) is 0 Å². The monoisotopic (exact) mass is 857 g/mol. The summed E-state index contributed by atoms with van der Waals surface area (Å²) in [6.07, 6.45) is 54.2. The first-order valence-electron chi connectivity index (χ1n) is 25.8. The van der Waals surface area contributed by atoms with Crippen molar-refractivity contribution in [3.63, 3.8) is 0 Å². The molecular formula is C50H101N2O6P. The van der Waals surface area contributed by atoms with Gasteiger partial charge < -0.3 is 21.1 Å². The molecule has 0 aromatic carbocycles. The Balaban J connectivity index is 3.99. The molecule has 1 unspecified atom stereocenters. The van der Waals surface area contributed by atoms with Gasteiger partial charge in [-0.15, -0.1) is 0 Å². The van der Waals surface area contributed by atoms with Gasteiger partial charge in [0, 0.05) is 13.0 Å². The number of amides is 1. The Morgan fingerprint density at radius 2 is 0.864 bits per heavy atom. The van der Waals surface area contributed by atoms with Crippen molar-refractivity contribution >= 4 is 13.7 Å². The highest BCUT2D eigenvalue weighted by molar-refractivity contribution is 7.47. The van der Waals surface area contributed by atoms with Gasteiger partial charge in [-0.2, -0.15) is 0 Å². The van der Waals surface area contributed by atoms with Gasteiger partial charge in [0.05, 0.1) is 25.4 Å². The minimum Gasteiger partial charge on any atom is -0.387 e. The van der Waals surface area contributed by atoms with Crippen molar-refractivity contribution in [3.05, 3.63) is 12.2 Å². The molecule has 0 saturated carbocycles.